The van der Waals surface area contributed by atoms with Crippen LogP contribution in [0.2, 0.25) is 0 Å². The fourth-order valence-electron chi connectivity index (χ4n) is 2.53. The molecule has 0 aliphatic heterocycles. The summed E-state index contributed by atoms with van der Waals surface area (Å²) in [6.07, 6.45) is -4.16. The molecule has 152 valence electrons. The van der Waals surface area contributed by atoms with Crippen LogP contribution in [0.3, 0.4) is 0 Å². The summed E-state index contributed by atoms with van der Waals surface area (Å²) in [5.41, 5.74) is 0.254. The molecule has 1 amide bonds. The Morgan fingerprint density at radius 3 is 2.41 bits per heavy atom. The summed E-state index contributed by atoms with van der Waals surface area (Å²) in [6, 6.07) is 11.4. The molecule has 0 bridgehead atoms. The number of carbonyl (C=O) groups is 1. The van der Waals surface area contributed by atoms with E-state index in [1.807, 2.05) is 6.92 Å². The Kier molecular flexibility index (Phi) is 6.16. The number of aryl methyl sites for hydroxylation is 1. The zero-order valence-electron chi connectivity index (χ0n) is 15.5. The molecule has 0 aliphatic rings. The predicted molar refractivity (Wildman–Crippen MR) is 99.3 cm³/mol. The summed E-state index contributed by atoms with van der Waals surface area (Å²) in [5.74, 6) is 1.05. The van der Waals surface area contributed by atoms with Crippen LogP contribution in [0.25, 0.3) is 11.4 Å². The van der Waals surface area contributed by atoms with Crippen LogP contribution in [0, 0.1) is 0 Å². The third-order valence-electron chi connectivity index (χ3n) is 3.95. The van der Waals surface area contributed by atoms with E-state index in [0.29, 0.717) is 12.4 Å². The number of benzene rings is 2. The zero-order valence-corrected chi connectivity index (χ0v) is 15.5. The lowest BCUT2D eigenvalue weighted by Crippen LogP contribution is -2.13. The first-order chi connectivity index (χ1) is 13.8. The molecular formula is C20H18F3N3O3. The number of amides is 1. The molecule has 0 atom stereocenters. The van der Waals surface area contributed by atoms with Crippen molar-refractivity contribution in [1.29, 1.82) is 0 Å². The molecule has 3 rings (SSSR count). The van der Waals surface area contributed by atoms with Crippen molar-refractivity contribution in [3.05, 3.63) is 60.0 Å². The van der Waals surface area contributed by atoms with Gasteiger partial charge in [-0.15, -0.1) is 0 Å². The lowest BCUT2D eigenvalue weighted by Gasteiger charge is -2.08. The number of rotatable bonds is 7. The number of hydrogen-bond donors (Lipinski definition) is 1. The van der Waals surface area contributed by atoms with Gasteiger partial charge in [-0.05, 0) is 55.5 Å². The van der Waals surface area contributed by atoms with E-state index < -0.39 is 11.7 Å². The first kappa shape index (κ1) is 20.4. The van der Waals surface area contributed by atoms with Crippen molar-refractivity contribution >= 4 is 11.6 Å². The van der Waals surface area contributed by atoms with Crippen LogP contribution in [0.4, 0.5) is 18.9 Å². The van der Waals surface area contributed by atoms with Gasteiger partial charge in [-0.1, -0.05) is 5.16 Å². The molecule has 2 aromatic carbocycles. The van der Waals surface area contributed by atoms with Crippen molar-refractivity contribution < 1.29 is 27.2 Å². The fraction of sp³-hybridized carbons (Fsp3) is 0.250. The lowest BCUT2D eigenvalue weighted by atomic mass is 10.2. The maximum Gasteiger partial charge on any atom is 0.416 e. The molecule has 6 nitrogen and oxygen atoms in total. The van der Waals surface area contributed by atoms with Crippen molar-refractivity contribution in [3.63, 3.8) is 0 Å². The highest BCUT2D eigenvalue weighted by Crippen LogP contribution is 2.29. The number of anilines is 1. The Morgan fingerprint density at radius 1 is 1.10 bits per heavy atom. The Morgan fingerprint density at radius 2 is 1.79 bits per heavy atom. The van der Waals surface area contributed by atoms with E-state index in [0.717, 1.165) is 23.4 Å². The standard InChI is InChI=1S/C20H18F3N3O3/c1-2-28-16-9-3-13(4-10-16)19-25-18(29-26-19)12-11-17(27)24-15-7-5-14(6-8-15)20(21,22)23/h3-10H,2,11-12H2,1H3,(H,24,27). The smallest absolute Gasteiger partial charge is 0.416 e. The minimum Gasteiger partial charge on any atom is -0.494 e. The number of ether oxygens (including phenoxy) is 1. The van der Waals surface area contributed by atoms with Gasteiger partial charge >= 0.3 is 6.18 Å². The van der Waals surface area contributed by atoms with Crippen molar-refractivity contribution in [2.45, 2.75) is 25.9 Å². The Labute approximate surface area is 164 Å². The number of nitrogens with one attached hydrogen (secondary N) is 1. The van der Waals surface area contributed by atoms with E-state index in [2.05, 4.69) is 15.5 Å². The Hall–Kier alpha value is -3.36. The molecule has 0 unspecified atom stereocenters. The molecule has 0 aliphatic carbocycles. The molecular weight excluding hydrogens is 387 g/mol. The third-order valence-corrected chi connectivity index (χ3v) is 3.95. The maximum absolute atomic E-state index is 12.6. The fourth-order valence-corrected chi connectivity index (χ4v) is 2.53. The summed E-state index contributed by atoms with van der Waals surface area (Å²) >= 11 is 0. The molecule has 9 heteroatoms. The highest BCUT2D eigenvalue weighted by atomic mass is 19.4. The van der Waals surface area contributed by atoms with E-state index in [4.69, 9.17) is 9.26 Å². The van der Waals surface area contributed by atoms with Crippen LogP contribution in [-0.4, -0.2) is 22.7 Å². The SMILES string of the molecule is CCOc1ccc(-c2noc(CCC(=O)Nc3ccc(C(F)(F)F)cc3)n2)cc1. The second kappa shape index (κ2) is 8.76. The van der Waals surface area contributed by atoms with Crippen LogP contribution in [0.1, 0.15) is 24.8 Å². The third kappa shape index (κ3) is 5.56. The van der Waals surface area contributed by atoms with Gasteiger partial charge in [0.2, 0.25) is 17.6 Å². The van der Waals surface area contributed by atoms with Crippen molar-refractivity contribution in [2.24, 2.45) is 0 Å². The summed E-state index contributed by atoms with van der Waals surface area (Å²) in [7, 11) is 0. The van der Waals surface area contributed by atoms with Crippen LogP contribution in [0.15, 0.2) is 53.1 Å². The predicted octanol–water partition coefficient (Wildman–Crippen LogP) is 4.73. The topological polar surface area (TPSA) is 77.2 Å². The number of nitrogens with zero attached hydrogens (tertiary/aromatic N) is 2. The van der Waals surface area contributed by atoms with E-state index in [-0.39, 0.29) is 30.3 Å². The quantitative estimate of drug-likeness (QED) is 0.615. The van der Waals surface area contributed by atoms with Crippen molar-refractivity contribution in [3.8, 4) is 17.1 Å². The van der Waals surface area contributed by atoms with Gasteiger partial charge in [0.15, 0.2) is 0 Å². The van der Waals surface area contributed by atoms with Gasteiger partial charge in [0.05, 0.1) is 12.2 Å². The zero-order chi connectivity index (χ0) is 20.9. The van der Waals surface area contributed by atoms with Crippen LogP contribution in [0.5, 0.6) is 5.75 Å². The number of aromatic nitrogens is 2. The van der Waals surface area contributed by atoms with Crippen LogP contribution >= 0.6 is 0 Å². The highest BCUT2D eigenvalue weighted by Gasteiger charge is 2.30. The number of carbonyl (C=O) groups excluding carboxylic acids is 1. The van der Waals surface area contributed by atoms with Crippen molar-refractivity contribution in [2.75, 3.05) is 11.9 Å². The maximum atomic E-state index is 12.6. The van der Waals surface area contributed by atoms with Gasteiger partial charge in [0, 0.05) is 24.1 Å². The van der Waals surface area contributed by atoms with E-state index >= 15 is 0 Å². The molecule has 29 heavy (non-hydrogen) atoms. The summed E-state index contributed by atoms with van der Waals surface area (Å²) in [4.78, 5) is 16.3. The Balaban J connectivity index is 1.53. The second-order valence-corrected chi connectivity index (χ2v) is 6.09. The van der Waals surface area contributed by atoms with Crippen molar-refractivity contribution in [1.82, 2.24) is 10.1 Å². The summed E-state index contributed by atoms with van der Waals surface area (Å²) < 4.78 is 48.2. The summed E-state index contributed by atoms with van der Waals surface area (Å²) in [6.45, 7) is 2.47. The van der Waals surface area contributed by atoms with Gasteiger partial charge < -0.3 is 14.6 Å². The highest BCUT2D eigenvalue weighted by molar-refractivity contribution is 5.90. The average Bonchev–Trinajstić information content (AvgIpc) is 3.16. The van der Waals surface area contributed by atoms with E-state index in [1.54, 1.807) is 24.3 Å². The monoisotopic (exact) mass is 405 g/mol. The van der Waals surface area contributed by atoms with Gasteiger partial charge in [0.25, 0.3) is 0 Å². The average molecular weight is 405 g/mol. The van der Waals surface area contributed by atoms with E-state index in [1.165, 1.54) is 12.1 Å². The first-order valence-electron chi connectivity index (χ1n) is 8.88. The molecule has 0 saturated heterocycles. The normalized spacial score (nSPS) is 11.3. The number of hydrogen-bond acceptors (Lipinski definition) is 5. The first-order valence-corrected chi connectivity index (χ1v) is 8.88. The largest absolute Gasteiger partial charge is 0.494 e. The molecule has 1 heterocycles. The second-order valence-electron chi connectivity index (χ2n) is 6.09. The van der Waals surface area contributed by atoms with Gasteiger partial charge in [-0.2, -0.15) is 18.2 Å². The van der Waals surface area contributed by atoms with Crippen LogP contribution in [-0.2, 0) is 17.4 Å². The van der Waals surface area contributed by atoms with E-state index in [9.17, 15) is 18.0 Å². The summed E-state index contributed by atoms with van der Waals surface area (Å²) in [5, 5.41) is 6.43. The van der Waals surface area contributed by atoms with Gasteiger partial charge in [0.1, 0.15) is 5.75 Å². The molecule has 0 radical (unpaired) electrons. The van der Waals surface area contributed by atoms with Gasteiger partial charge in [-0.25, -0.2) is 0 Å². The number of halogens is 3. The lowest BCUT2D eigenvalue weighted by molar-refractivity contribution is -0.137. The molecule has 3 aromatic rings. The number of alkyl halides is 3. The van der Waals surface area contributed by atoms with Crippen LogP contribution < -0.4 is 10.1 Å². The molecule has 0 fully saturated rings. The molecule has 1 N–H and O–H groups in total. The molecule has 1 aromatic heterocycles. The van der Waals surface area contributed by atoms with Gasteiger partial charge in [-0.3, -0.25) is 4.79 Å². The molecule has 0 saturated carbocycles. The Bertz CT molecular complexity index is 952. The minimum absolute atomic E-state index is 0.0476. The minimum atomic E-state index is -4.42. The molecule has 0 spiro atoms.